The van der Waals surface area contributed by atoms with Gasteiger partial charge < -0.3 is 10.4 Å². The molecule has 6 heteroatoms. The number of halogens is 2. The van der Waals surface area contributed by atoms with Crippen molar-refractivity contribution < 1.29 is 23.5 Å². The molecule has 1 amide bonds. The molecule has 0 aliphatic rings. The molecule has 0 aromatic heterocycles. The van der Waals surface area contributed by atoms with Gasteiger partial charge in [-0.1, -0.05) is 6.92 Å². The Kier molecular flexibility index (Phi) is 4.58. The van der Waals surface area contributed by atoms with Gasteiger partial charge in [0.25, 0.3) is 5.91 Å². The number of hydrogen-bond acceptors (Lipinski definition) is 2. The summed E-state index contributed by atoms with van der Waals surface area (Å²) in [6.07, 6.45) is 0.334. The molecule has 4 nitrogen and oxygen atoms in total. The highest BCUT2D eigenvalue weighted by Gasteiger charge is 2.31. The lowest BCUT2D eigenvalue weighted by molar-refractivity contribution is -0.147. The van der Waals surface area contributed by atoms with Gasteiger partial charge in [-0.3, -0.25) is 9.59 Å². The van der Waals surface area contributed by atoms with Gasteiger partial charge in [-0.15, -0.1) is 0 Å². The van der Waals surface area contributed by atoms with Crippen LogP contribution in [0, 0.1) is 17.0 Å². The van der Waals surface area contributed by atoms with Crippen molar-refractivity contribution in [2.24, 2.45) is 5.41 Å². The maximum atomic E-state index is 13.0. The highest BCUT2D eigenvalue weighted by Crippen LogP contribution is 2.20. The summed E-state index contributed by atoms with van der Waals surface area (Å²) < 4.78 is 25.7. The maximum absolute atomic E-state index is 13.0. The van der Waals surface area contributed by atoms with E-state index in [0.717, 1.165) is 18.2 Å². The second kappa shape index (κ2) is 5.77. The monoisotopic (exact) mass is 271 g/mol. The van der Waals surface area contributed by atoms with Crippen molar-refractivity contribution in [1.82, 2.24) is 5.32 Å². The maximum Gasteiger partial charge on any atom is 0.311 e. The van der Waals surface area contributed by atoms with Gasteiger partial charge in [-0.05, 0) is 31.5 Å². The van der Waals surface area contributed by atoms with E-state index in [0.29, 0.717) is 6.42 Å². The Morgan fingerprint density at radius 2 is 1.95 bits per heavy atom. The first kappa shape index (κ1) is 15.1. The quantitative estimate of drug-likeness (QED) is 0.862. The topological polar surface area (TPSA) is 66.4 Å². The largest absolute Gasteiger partial charge is 0.481 e. The Bertz CT molecular complexity index is 505. The van der Waals surface area contributed by atoms with E-state index in [4.69, 9.17) is 5.11 Å². The standard InChI is InChI=1S/C13H15F2NO3/c1-3-13(2,12(18)19)7-16-11(17)8-4-5-9(14)10(15)6-8/h4-6H,3,7H2,1-2H3,(H,16,17)(H,18,19). The van der Waals surface area contributed by atoms with Crippen molar-refractivity contribution in [3.05, 3.63) is 35.4 Å². The molecule has 1 atom stereocenters. The third-order valence-corrected chi connectivity index (χ3v) is 3.12. The Balaban J connectivity index is 2.75. The van der Waals surface area contributed by atoms with Crippen LogP contribution in [0.3, 0.4) is 0 Å². The fraction of sp³-hybridized carbons (Fsp3) is 0.385. The Morgan fingerprint density at radius 3 is 2.42 bits per heavy atom. The molecule has 0 saturated heterocycles. The molecule has 0 heterocycles. The first-order valence-electron chi connectivity index (χ1n) is 5.77. The van der Waals surface area contributed by atoms with Gasteiger partial charge in [0.1, 0.15) is 0 Å². The van der Waals surface area contributed by atoms with E-state index >= 15 is 0 Å². The second-order valence-electron chi connectivity index (χ2n) is 4.53. The summed E-state index contributed by atoms with van der Waals surface area (Å²) in [5.74, 6) is -3.83. The highest BCUT2D eigenvalue weighted by molar-refractivity contribution is 5.94. The molecule has 0 saturated carbocycles. The molecule has 0 spiro atoms. The molecule has 2 N–H and O–H groups in total. The third kappa shape index (κ3) is 3.49. The van der Waals surface area contributed by atoms with Crippen LogP contribution in [0.25, 0.3) is 0 Å². The number of nitrogens with one attached hydrogen (secondary N) is 1. The Labute approximate surface area is 109 Å². The fourth-order valence-corrected chi connectivity index (χ4v) is 1.37. The average molecular weight is 271 g/mol. The van der Waals surface area contributed by atoms with Crippen LogP contribution in [0.5, 0.6) is 0 Å². The minimum absolute atomic E-state index is 0.0530. The zero-order valence-electron chi connectivity index (χ0n) is 10.7. The van der Waals surface area contributed by atoms with Crippen LogP contribution in [-0.2, 0) is 4.79 Å². The van der Waals surface area contributed by atoms with Crippen LogP contribution in [0.4, 0.5) is 8.78 Å². The van der Waals surface area contributed by atoms with Crippen molar-refractivity contribution >= 4 is 11.9 Å². The number of aliphatic carboxylic acids is 1. The molecule has 0 bridgehead atoms. The van der Waals surface area contributed by atoms with Crippen LogP contribution in [0.15, 0.2) is 18.2 Å². The van der Waals surface area contributed by atoms with Crippen molar-refractivity contribution in [3.8, 4) is 0 Å². The second-order valence-corrected chi connectivity index (χ2v) is 4.53. The first-order valence-corrected chi connectivity index (χ1v) is 5.77. The van der Waals surface area contributed by atoms with E-state index in [2.05, 4.69) is 5.32 Å². The molecular formula is C13H15F2NO3. The zero-order chi connectivity index (χ0) is 14.6. The summed E-state index contributed by atoms with van der Waals surface area (Å²) in [5.41, 5.74) is -1.14. The lowest BCUT2D eigenvalue weighted by Crippen LogP contribution is -2.40. The van der Waals surface area contributed by atoms with E-state index in [1.54, 1.807) is 6.92 Å². The van der Waals surface area contributed by atoms with Crippen LogP contribution in [0.2, 0.25) is 0 Å². The summed E-state index contributed by atoms with van der Waals surface area (Å²) >= 11 is 0. The van der Waals surface area contributed by atoms with Gasteiger partial charge in [0, 0.05) is 12.1 Å². The van der Waals surface area contributed by atoms with E-state index in [-0.39, 0.29) is 12.1 Å². The predicted octanol–water partition coefficient (Wildman–Crippen LogP) is 2.20. The molecule has 0 aliphatic heterocycles. The molecule has 0 fully saturated rings. The minimum atomic E-state index is -1.12. The third-order valence-electron chi connectivity index (χ3n) is 3.12. The van der Waals surface area contributed by atoms with E-state index in [9.17, 15) is 18.4 Å². The smallest absolute Gasteiger partial charge is 0.311 e. The van der Waals surface area contributed by atoms with E-state index in [1.807, 2.05) is 0 Å². The Morgan fingerprint density at radius 1 is 1.32 bits per heavy atom. The molecular weight excluding hydrogens is 256 g/mol. The summed E-state index contributed by atoms with van der Waals surface area (Å²) in [5, 5.41) is 11.4. The zero-order valence-corrected chi connectivity index (χ0v) is 10.7. The van der Waals surface area contributed by atoms with Crippen molar-refractivity contribution in [2.45, 2.75) is 20.3 Å². The van der Waals surface area contributed by atoms with Crippen LogP contribution in [-0.4, -0.2) is 23.5 Å². The number of hydrogen-bond donors (Lipinski definition) is 2. The molecule has 0 aliphatic carbocycles. The summed E-state index contributed by atoms with van der Waals surface area (Å²) in [4.78, 5) is 22.7. The SMILES string of the molecule is CCC(C)(CNC(=O)c1ccc(F)c(F)c1)C(=O)O. The summed E-state index contributed by atoms with van der Waals surface area (Å²) in [6.45, 7) is 3.11. The van der Waals surface area contributed by atoms with Gasteiger partial charge in [-0.25, -0.2) is 8.78 Å². The molecule has 0 radical (unpaired) electrons. The number of carboxylic acid groups (broad SMARTS) is 1. The van der Waals surface area contributed by atoms with Crippen LogP contribution in [0.1, 0.15) is 30.6 Å². The lowest BCUT2D eigenvalue weighted by Gasteiger charge is -2.23. The molecule has 104 valence electrons. The number of carbonyl (C=O) groups is 2. The van der Waals surface area contributed by atoms with Gasteiger partial charge in [0.05, 0.1) is 5.41 Å². The normalized spacial score (nSPS) is 13.7. The van der Waals surface area contributed by atoms with Crippen molar-refractivity contribution in [1.29, 1.82) is 0 Å². The van der Waals surface area contributed by atoms with Crippen LogP contribution < -0.4 is 5.32 Å². The average Bonchev–Trinajstić information content (AvgIpc) is 2.38. The summed E-state index contributed by atoms with van der Waals surface area (Å²) in [7, 11) is 0. The van der Waals surface area contributed by atoms with Gasteiger partial charge in [0.15, 0.2) is 11.6 Å². The number of rotatable bonds is 5. The van der Waals surface area contributed by atoms with Crippen molar-refractivity contribution in [3.63, 3.8) is 0 Å². The highest BCUT2D eigenvalue weighted by atomic mass is 19.2. The predicted molar refractivity (Wildman–Crippen MR) is 64.7 cm³/mol. The number of benzene rings is 1. The van der Waals surface area contributed by atoms with Crippen molar-refractivity contribution in [2.75, 3.05) is 6.54 Å². The summed E-state index contributed by atoms with van der Waals surface area (Å²) in [6, 6.07) is 2.76. The molecule has 1 aromatic carbocycles. The van der Waals surface area contributed by atoms with E-state index < -0.39 is 28.9 Å². The molecule has 19 heavy (non-hydrogen) atoms. The minimum Gasteiger partial charge on any atom is -0.481 e. The molecule has 1 aromatic rings. The fourth-order valence-electron chi connectivity index (χ4n) is 1.37. The van der Waals surface area contributed by atoms with Gasteiger partial charge in [0.2, 0.25) is 0 Å². The van der Waals surface area contributed by atoms with Gasteiger partial charge >= 0.3 is 5.97 Å². The number of carboxylic acids is 1. The molecule has 1 unspecified atom stereocenters. The number of amides is 1. The van der Waals surface area contributed by atoms with Gasteiger partial charge in [-0.2, -0.15) is 0 Å². The lowest BCUT2D eigenvalue weighted by atomic mass is 9.87. The molecule has 1 rings (SSSR count). The Hall–Kier alpha value is -1.98. The van der Waals surface area contributed by atoms with E-state index in [1.165, 1.54) is 6.92 Å². The van der Waals surface area contributed by atoms with Crippen LogP contribution >= 0.6 is 0 Å². The number of carbonyl (C=O) groups excluding carboxylic acids is 1. The first-order chi connectivity index (χ1) is 8.80.